The number of hydrogen-bond donors (Lipinski definition) is 1. The number of aliphatic hydroxyl groups is 1. The Kier molecular flexibility index (Phi) is 11.9. The Balaban J connectivity index is 0. The van der Waals surface area contributed by atoms with E-state index < -0.39 is 6.29 Å². The van der Waals surface area contributed by atoms with Crippen molar-refractivity contribution in [3.05, 3.63) is 35.4 Å². The van der Waals surface area contributed by atoms with Gasteiger partial charge in [0.05, 0.1) is 0 Å². The first-order chi connectivity index (χ1) is 6.67. The molecule has 0 heterocycles. The highest BCUT2D eigenvalue weighted by Crippen LogP contribution is 2.12. The average Bonchev–Trinajstić information content (AvgIpc) is 2.22. The summed E-state index contributed by atoms with van der Waals surface area (Å²) in [4.78, 5) is 0. The Labute approximate surface area is 91.5 Å². The van der Waals surface area contributed by atoms with Gasteiger partial charge in [0.15, 0.2) is 6.29 Å². The van der Waals surface area contributed by atoms with E-state index in [1.165, 1.54) is 12.6 Å². The molecule has 0 aliphatic carbocycles. The van der Waals surface area contributed by atoms with Gasteiger partial charge in [0.1, 0.15) is 0 Å². The van der Waals surface area contributed by atoms with E-state index in [0.717, 1.165) is 5.57 Å². The number of ether oxygens (including phenoxy) is 1. The molecule has 1 atom stereocenters. The number of halogens is 1. The van der Waals surface area contributed by atoms with E-state index in [1.54, 1.807) is 12.2 Å². The quantitative estimate of drug-likeness (QED) is 0.580. The predicted octanol–water partition coefficient (Wildman–Crippen LogP) is 3.23. The molecule has 0 aliphatic heterocycles. The van der Waals surface area contributed by atoms with E-state index in [4.69, 9.17) is 16.3 Å². The number of methoxy groups -OCH3 is 1. The molecule has 0 aromatic heterocycles. The van der Waals surface area contributed by atoms with Crippen molar-refractivity contribution in [2.45, 2.75) is 27.1 Å². The summed E-state index contributed by atoms with van der Waals surface area (Å²) in [7, 11) is 1.42. The first-order valence-corrected chi connectivity index (χ1v) is 4.91. The van der Waals surface area contributed by atoms with E-state index >= 15 is 0 Å². The van der Waals surface area contributed by atoms with Gasteiger partial charge in [-0.15, -0.1) is 0 Å². The highest BCUT2D eigenvalue weighted by molar-refractivity contribution is 6.25. The van der Waals surface area contributed by atoms with Gasteiger partial charge < -0.3 is 9.84 Å². The highest BCUT2D eigenvalue weighted by atomic mass is 35.5. The van der Waals surface area contributed by atoms with E-state index in [1.807, 2.05) is 20.8 Å². The molecule has 14 heavy (non-hydrogen) atoms. The molecule has 0 aromatic rings. The van der Waals surface area contributed by atoms with Crippen molar-refractivity contribution in [2.24, 2.45) is 0 Å². The minimum atomic E-state index is -0.935. The molecular formula is C11H19ClO2. The van der Waals surface area contributed by atoms with Crippen LogP contribution in [0, 0.1) is 0 Å². The van der Waals surface area contributed by atoms with Crippen LogP contribution in [0.3, 0.4) is 0 Å². The highest BCUT2D eigenvalue weighted by Gasteiger charge is 2.07. The van der Waals surface area contributed by atoms with Crippen LogP contribution in [0.2, 0.25) is 0 Å². The molecule has 0 saturated heterocycles. The van der Waals surface area contributed by atoms with Crippen molar-refractivity contribution in [3.63, 3.8) is 0 Å². The second-order valence-corrected chi connectivity index (χ2v) is 2.48. The minimum absolute atomic E-state index is 0.620. The van der Waals surface area contributed by atoms with Crippen LogP contribution in [0.4, 0.5) is 0 Å². The fraction of sp³-hybridized carbons (Fsp3) is 0.455. The summed E-state index contributed by atoms with van der Waals surface area (Å²) in [5, 5.41) is 9.29. The van der Waals surface area contributed by atoms with Crippen molar-refractivity contribution in [1.29, 1.82) is 0 Å². The van der Waals surface area contributed by atoms with Gasteiger partial charge in [0.25, 0.3) is 0 Å². The van der Waals surface area contributed by atoms with E-state index in [0.29, 0.717) is 5.57 Å². The second kappa shape index (κ2) is 10.5. The number of allylic oxidation sites excluding steroid dienone is 2. The first kappa shape index (κ1) is 15.9. The molecule has 0 aliphatic rings. The smallest absolute Gasteiger partial charge is 0.181 e. The fourth-order valence-electron chi connectivity index (χ4n) is 0.774. The molecule has 0 spiro atoms. The topological polar surface area (TPSA) is 29.5 Å². The normalized spacial score (nSPS) is 14.1. The summed E-state index contributed by atoms with van der Waals surface area (Å²) < 4.78 is 4.72. The third kappa shape index (κ3) is 5.97. The van der Waals surface area contributed by atoms with Crippen LogP contribution < -0.4 is 0 Å². The summed E-state index contributed by atoms with van der Waals surface area (Å²) in [6.45, 7) is 9.38. The van der Waals surface area contributed by atoms with Crippen LogP contribution in [0.5, 0.6) is 0 Å². The SMILES string of the molecule is C=C/C(=C(C)\C=C\Cl)C(O)OC.CC. The number of aliphatic hydroxyl groups excluding tert-OH is 1. The Morgan fingerprint density at radius 2 is 2.00 bits per heavy atom. The van der Waals surface area contributed by atoms with Gasteiger partial charge >= 0.3 is 0 Å². The molecular weight excluding hydrogens is 200 g/mol. The molecule has 0 amide bonds. The molecule has 0 rings (SSSR count). The van der Waals surface area contributed by atoms with Crippen LogP contribution >= 0.6 is 11.6 Å². The molecule has 0 aromatic carbocycles. The van der Waals surface area contributed by atoms with Gasteiger partial charge in [-0.25, -0.2) is 0 Å². The lowest BCUT2D eigenvalue weighted by Gasteiger charge is -2.11. The van der Waals surface area contributed by atoms with Gasteiger partial charge in [-0.1, -0.05) is 38.1 Å². The second-order valence-electron chi connectivity index (χ2n) is 2.22. The van der Waals surface area contributed by atoms with E-state index in [9.17, 15) is 5.11 Å². The zero-order valence-electron chi connectivity index (χ0n) is 9.25. The standard InChI is InChI=1S/C9H13ClO2.C2H6/c1-4-8(9(11)12-3)7(2)5-6-10;1-2/h4-6,9,11H,1H2,2-3H3;1-2H3/b6-5+,8-7+;. The first-order valence-electron chi connectivity index (χ1n) is 4.48. The Bertz CT molecular complexity index is 207. The molecule has 0 bridgehead atoms. The molecule has 0 radical (unpaired) electrons. The third-order valence-electron chi connectivity index (χ3n) is 1.48. The zero-order valence-corrected chi connectivity index (χ0v) is 10.0. The number of hydrogen-bond acceptors (Lipinski definition) is 2. The van der Waals surface area contributed by atoms with Crippen LogP contribution in [0.15, 0.2) is 35.4 Å². The lowest BCUT2D eigenvalue weighted by atomic mass is 10.1. The molecule has 0 fully saturated rings. The summed E-state index contributed by atoms with van der Waals surface area (Å²) in [6, 6.07) is 0. The maximum atomic E-state index is 9.29. The van der Waals surface area contributed by atoms with Crippen molar-refractivity contribution >= 4 is 11.6 Å². The molecule has 1 N–H and O–H groups in total. The summed E-state index contributed by atoms with van der Waals surface area (Å²) in [5.41, 5.74) is 2.82. The van der Waals surface area contributed by atoms with Gasteiger partial charge in [-0.2, -0.15) is 0 Å². The van der Waals surface area contributed by atoms with Crippen LogP contribution in [0.25, 0.3) is 0 Å². The molecule has 82 valence electrons. The van der Waals surface area contributed by atoms with Gasteiger partial charge in [0, 0.05) is 18.2 Å². The Hall–Kier alpha value is -0.570. The third-order valence-corrected chi connectivity index (χ3v) is 1.60. The van der Waals surface area contributed by atoms with E-state index in [-0.39, 0.29) is 0 Å². The van der Waals surface area contributed by atoms with Gasteiger partial charge in [0.2, 0.25) is 0 Å². The molecule has 2 nitrogen and oxygen atoms in total. The lowest BCUT2D eigenvalue weighted by molar-refractivity contribution is -0.0424. The van der Waals surface area contributed by atoms with Gasteiger partial charge in [-0.05, 0) is 18.6 Å². The van der Waals surface area contributed by atoms with Crippen molar-refractivity contribution in [2.75, 3.05) is 7.11 Å². The van der Waals surface area contributed by atoms with Crippen molar-refractivity contribution in [1.82, 2.24) is 0 Å². The largest absolute Gasteiger partial charge is 0.364 e. The van der Waals surface area contributed by atoms with E-state index in [2.05, 4.69) is 6.58 Å². The van der Waals surface area contributed by atoms with Crippen LogP contribution in [-0.4, -0.2) is 18.5 Å². The molecule has 0 saturated carbocycles. The fourth-order valence-corrected chi connectivity index (χ4v) is 0.963. The maximum Gasteiger partial charge on any atom is 0.181 e. The summed E-state index contributed by atoms with van der Waals surface area (Å²) >= 11 is 5.37. The molecule has 1 unspecified atom stereocenters. The van der Waals surface area contributed by atoms with Gasteiger partial charge in [-0.3, -0.25) is 0 Å². The summed E-state index contributed by atoms with van der Waals surface area (Å²) in [5.74, 6) is 0. The lowest BCUT2D eigenvalue weighted by Crippen LogP contribution is -2.12. The zero-order chi connectivity index (χ0) is 11.6. The van der Waals surface area contributed by atoms with Crippen molar-refractivity contribution < 1.29 is 9.84 Å². The maximum absolute atomic E-state index is 9.29. The average molecular weight is 219 g/mol. The van der Waals surface area contributed by atoms with Crippen LogP contribution in [-0.2, 0) is 4.74 Å². The van der Waals surface area contributed by atoms with Crippen LogP contribution in [0.1, 0.15) is 20.8 Å². The Morgan fingerprint density at radius 3 is 2.29 bits per heavy atom. The van der Waals surface area contributed by atoms with Crippen molar-refractivity contribution in [3.8, 4) is 0 Å². The number of rotatable bonds is 4. The monoisotopic (exact) mass is 218 g/mol. The summed E-state index contributed by atoms with van der Waals surface area (Å²) in [6.07, 6.45) is 2.27. The molecule has 3 heteroatoms. The predicted molar refractivity (Wildman–Crippen MR) is 62.3 cm³/mol. The minimum Gasteiger partial charge on any atom is -0.364 e. The Morgan fingerprint density at radius 1 is 1.50 bits per heavy atom.